The summed E-state index contributed by atoms with van der Waals surface area (Å²) in [7, 11) is 0. The first-order valence-corrected chi connectivity index (χ1v) is 6.20. The number of carbonyl (C=O) groups excluding carboxylic acids is 1. The predicted molar refractivity (Wildman–Crippen MR) is 70.6 cm³/mol. The highest BCUT2D eigenvalue weighted by Crippen LogP contribution is 2.20. The number of nitrogens with one attached hydrogen (secondary N) is 1. The number of rotatable bonds is 5. The van der Waals surface area contributed by atoms with Crippen LogP contribution in [0.5, 0.6) is 0 Å². The van der Waals surface area contributed by atoms with Gasteiger partial charge in [-0.05, 0) is 24.1 Å². The Morgan fingerprint density at radius 3 is 2.53 bits per heavy atom. The largest absolute Gasteiger partial charge is 0.478 e. The first-order valence-electron chi connectivity index (χ1n) is 6.20. The van der Waals surface area contributed by atoms with Crippen LogP contribution in [-0.2, 0) is 4.79 Å². The Kier molecular flexibility index (Phi) is 5.03. The molecule has 0 aliphatic carbocycles. The van der Waals surface area contributed by atoms with E-state index in [1.54, 1.807) is 6.92 Å². The van der Waals surface area contributed by atoms with Crippen LogP contribution in [0.1, 0.15) is 37.6 Å². The lowest BCUT2D eigenvalue weighted by Gasteiger charge is -2.18. The average Bonchev–Trinajstić information content (AvgIpc) is 2.38. The fourth-order valence-corrected chi connectivity index (χ4v) is 1.61. The molecule has 0 fully saturated rings. The molecule has 2 atom stereocenters. The quantitative estimate of drug-likeness (QED) is 0.861. The van der Waals surface area contributed by atoms with Crippen molar-refractivity contribution < 1.29 is 19.1 Å². The van der Waals surface area contributed by atoms with Crippen LogP contribution >= 0.6 is 0 Å². The van der Waals surface area contributed by atoms with E-state index in [0.717, 1.165) is 24.6 Å². The summed E-state index contributed by atoms with van der Waals surface area (Å²) in [4.78, 5) is 22.7. The van der Waals surface area contributed by atoms with E-state index in [1.807, 2.05) is 13.8 Å². The van der Waals surface area contributed by atoms with Gasteiger partial charge >= 0.3 is 5.97 Å². The molecule has 0 spiro atoms. The molecule has 0 bridgehead atoms. The van der Waals surface area contributed by atoms with Gasteiger partial charge in [0, 0.05) is 5.92 Å². The smallest absolute Gasteiger partial charge is 0.335 e. The molecule has 1 aromatic rings. The molecule has 104 valence electrons. The molecular formula is C14H18FNO3. The van der Waals surface area contributed by atoms with Gasteiger partial charge in [-0.15, -0.1) is 0 Å². The Morgan fingerprint density at radius 1 is 1.37 bits per heavy atom. The van der Waals surface area contributed by atoms with Crippen molar-refractivity contribution in [2.75, 3.05) is 5.32 Å². The van der Waals surface area contributed by atoms with Crippen molar-refractivity contribution in [3.05, 3.63) is 29.6 Å². The van der Waals surface area contributed by atoms with Gasteiger partial charge in [-0.2, -0.15) is 0 Å². The first-order chi connectivity index (χ1) is 8.86. The van der Waals surface area contributed by atoms with Gasteiger partial charge in [-0.25, -0.2) is 9.18 Å². The molecule has 2 N–H and O–H groups in total. The van der Waals surface area contributed by atoms with E-state index in [1.165, 1.54) is 0 Å². The minimum absolute atomic E-state index is 0.0621. The van der Waals surface area contributed by atoms with E-state index < -0.39 is 11.8 Å². The fourth-order valence-electron chi connectivity index (χ4n) is 1.61. The van der Waals surface area contributed by atoms with Crippen molar-refractivity contribution in [1.29, 1.82) is 0 Å². The Morgan fingerprint density at radius 2 is 2.00 bits per heavy atom. The van der Waals surface area contributed by atoms with Crippen molar-refractivity contribution in [2.45, 2.75) is 27.2 Å². The van der Waals surface area contributed by atoms with Crippen LogP contribution in [0.15, 0.2) is 18.2 Å². The van der Waals surface area contributed by atoms with Crippen LogP contribution in [0.2, 0.25) is 0 Å². The van der Waals surface area contributed by atoms with Gasteiger partial charge in [-0.1, -0.05) is 27.2 Å². The van der Waals surface area contributed by atoms with Gasteiger partial charge in [0.25, 0.3) is 0 Å². The second-order valence-electron chi connectivity index (χ2n) is 4.66. The van der Waals surface area contributed by atoms with Crippen LogP contribution in [0, 0.1) is 17.7 Å². The van der Waals surface area contributed by atoms with Crippen molar-refractivity contribution in [3.8, 4) is 0 Å². The molecule has 1 amide bonds. The Balaban J connectivity index is 2.90. The Hall–Kier alpha value is -1.91. The summed E-state index contributed by atoms with van der Waals surface area (Å²) >= 11 is 0. The van der Waals surface area contributed by atoms with Gasteiger partial charge in [-0.3, -0.25) is 4.79 Å². The van der Waals surface area contributed by atoms with Gasteiger partial charge < -0.3 is 10.4 Å². The van der Waals surface area contributed by atoms with Crippen LogP contribution in [-0.4, -0.2) is 17.0 Å². The van der Waals surface area contributed by atoms with Crippen molar-refractivity contribution in [3.63, 3.8) is 0 Å². The lowest BCUT2D eigenvalue weighted by atomic mass is 9.93. The molecule has 1 rings (SSSR count). The van der Waals surface area contributed by atoms with Crippen molar-refractivity contribution >= 4 is 17.6 Å². The Labute approximate surface area is 111 Å². The predicted octanol–water partition coefficient (Wildman–Crippen LogP) is 3.14. The highest BCUT2D eigenvalue weighted by atomic mass is 19.1. The van der Waals surface area contributed by atoms with Crippen molar-refractivity contribution in [2.24, 2.45) is 11.8 Å². The lowest BCUT2D eigenvalue weighted by molar-refractivity contribution is -0.120. The number of aromatic carboxylic acids is 1. The number of amides is 1. The third kappa shape index (κ3) is 3.77. The van der Waals surface area contributed by atoms with E-state index in [4.69, 9.17) is 5.11 Å². The number of hydrogen-bond acceptors (Lipinski definition) is 2. The van der Waals surface area contributed by atoms with Gasteiger partial charge in [0.05, 0.1) is 11.3 Å². The summed E-state index contributed by atoms with van der Waals surface area (Å²) in [6.45, 7) is 5.68. The molecule has 0 heterocycles. The number of carboxylic acid groups (broad SMARTS) is 1. The van der Waals surface area contributed by atoms with Gasteiger partial charge in [0.15, 0.2) is 0 Å². The van der Waals surface area contributed by atoms with Crippen LogP contribution in [0.25, 0.3) is 0 Å². The summed E-state index contributed by atoms with van der Waals surface area (Å²) in [6, 6.07) is 3.32. The molecule has 0 saturated heterocycles. The highest BCUT2D eigenvalue weighted by molar-refractivity contribution is 5.95. The normalized spacial score (nSPS) is 13.7. The summed E-state index contributed by atoms with van der Waals surface area (Å²) in [5, 5.41) is 11.3. The molecule has 19 heavy (non-hydrogen) atoms. The number of benzene rings is 1. The Bertz CT molecular complexity index is 488. The molecule has 0 aromatic heterocycles. The topological polar surface area (TPSA) is 66.4 Å². The number of carboxylic acids is 1. The third-order valence-corrected chi connectivity index (χ3v) is 3.38. The highest BCUT2D eigenvalue weighted by Gasteiger charge is 2.20. The maximum absolute atomic E-state index is 13.5. The molecule has 0 aliphatic heterocycles. The van der Waals surface area contributed by atoms with Crippen LogP contribution in [0.4, 0.5) is 10.1 Å². The minimum Gasteiger partial charge on any atom is -0.478 e. The zero-order valence-electron chi connectivity index (χ0n) is 11.2. The zero-order chi connectivity index (χ0) is 14.6. The molecule has 0 aliphatic rings. The number of carbonyl (C=O) groups is 2. The summed E-state index contributed by atoms with van der Waals surface area (Å²) in [5.41, 5.74) is -0.159. The van der Waals surface area contributed by atoms with Crippen LogP contribution < -0.4 is 5.32 Å². The molecule has 2 unspecified atom stereocenters. The molecule has 0 saturated carbocycles. The summed E-state index contributed by atoms with van der Waals surface area (Å²) in [6.07, 6.45) is 0.840. The molecule has 0 radical (unpaired) electrons. The number of hydrogen-bond donors (Lipinski definition) is 2. The molecule has 4 nitrogen and oxygen atoms in total. The standard InChI is InChI=1S/C14H18FNO3/c1-4-8(2)9(3)13(17)16-12-7-10(14(18)19)5-6-11(12)15/h5-9H,4H2,1-3H3,(H,16,17)(H,18,19). The minimum atomic E-state index is -1.16. The van der Waals surface area contributed by atoms with E-state index >= 15 is 0 Å². The summed E-state index contributed by atoms with van der Waals surface area (Å²) in [5.74, 6) is -2.21. The molecule has 5 heteroatoms. The zero-order valence-corrected chi connectivity index (χ0v) is 11.2. The fraction of sp³-hybridized carbons (Fsp3) is 0.429. The lowest BCUT2D eigenvalue weighted by Crippen LogP contribution is -2.26. The molecular weight excluding hydrogens is 249 g/mol. The number of halogens is 1. The van der Waals surface area contributed by atoms with Gasteiger partial charge in [0.1, 0.15) is 5.82 Å². The monoisotopic (exact) mass is 267 g/mol. The SMILES string of the molecule is CCC(C)C(C)C(=O)Nc1cc(C(=O)O)ccc1F. The van der Waals surface area contributed by atoms with E-state index in [9.17, 15) is 14.0 Å². The maximum atomic E-state index is 13.5. The van der Waals surface area contributed by atoms with E-state index in [-0.39, 0.29) is 29.0 Å². The third-order valence-electron chi connectivity index (χ3n) is 3.38. The van der Waals surface area contributed by atoms with Crippen molar-refractivity contribution in [1.82, 2.24) is 0 Å². The average molecular weight is 267 g/mol. The van der Waals surface area contributed by atoms with Crippen LogP contribution in [0.3, 0.4) is 0 Å². The van der Waals surface area contributed by atoms with E-state index in [2.05, 4.69) is 5.32 Å². The molecule has 1 aromatic carbocycles. The second kappa shape index (κ2) is 6.31. The van der Waals surface area contributed by atoms with Gasteiger partial charge in [0.2, 0.25) is 5.91 Å². The maximum Gasteiger partial charge on any atom is 0.335 e. The number of anilines is 1. The van der Waals surface area contributed by atoms with E-state index in [0.29, 0.717) is 0 Å². The second-order valence-corrected chi connectivity index (χ2v) is 4.66. The summed E-state index contributed by atoms with van der Waals surface area (Å²) < 4.78 is 13.5. The first kappa shape index (κ1) is 15.1.